The van der Waals surface area contributed by atoms with Gasteiger partial charge in [-0.25, -0.2) is 0 Å². The monoisotopic (exact) mass is 278 g/mol. The van der Waals surface area contributed by atoms with Crippen molar-refractivity contribution in [3.8, 4) is 0 Å². The molecular formula is C16H24NO3+. The van der Waals surface area contributed by atoms with Crippen molar-refractivity contribution >= 4 is 11.8 Å². The molecule has 0 fully saturated rings. The number of likely N-dealkylation sites (N-methyl/N-ethyl adjacent to an activating group) is 1. The molecule has 0 spiro atoms. The highest BCUT2D eigenvalue weighted by Crippen LogP contribution is 2.07. The zero-order chi connectivity index (χ0) is 15.0. The number of hydrogen-bond acceptors (Lipinski definition) is 3. The van der Waals surface area contributed by atoms with Crippen LogP contribution in [-0.2, 0) is 9.53 Å². The Labute approximate surface area is 120 Å². The van der Waals surface area contributed by atoms with Gasteiger partial charge < -0.3 is 9.22 Å². The summed E-state index contributed by atoms with van der Waals surface area (Å²) in [6.07, 6.45) is 1.39. The molecule has 0 aliphatic rings. The van der Waals surface area contributed by atoms with Gasteiger partial charge in [0.15, 0.2) is 5.78 Å². The number of quaternary nitrogens is 1. The van der Waals surface area contributed by atoms with Gasteiger partial charge in [-0.15, -0.1) is 0 Å². The first-order chi connectivity index (χ1) is 9.41. The second kappa shape index (κ2) is 7.80. The van der Waals surface area contributed by atoms with E-state index in [0.717, 1.165) is 29.6 Å². The molecule has 4 nitrogen and oxygen atoms in total. The zero-order valence-electron chi connectivity index (χ0n) is 12.6. The van der Waals surface area contributed by atoms with Gasteiger partial charge in [0.2, 0.25) is 0 Å². The molecule has 1 aromatic carbocycles. The molecule has 0 saturated heterocycles. The number of rotatable bonds is 8. The minimum absolute atomic E-state index is 0.186. The van der Waals surface area contributed by atoms with Gasteiger partial charge in [0.25, 0.3) is 0 Å². The van der Waals surface area contributed by atoms with Gasteiger partial charge in [-0.05, 0) is 0 Å². The number of nitrogens with zero attached hydrogens (tertiary/aromatic N) is 1. The minimum atomic E-state index is -0.246. The van der Waals surface area contributed by atoms with E-state index < -0.39 is 0 Å². The third kappa shape index (κ3) is 6.48. The molecular weight excluding hydrogens is 254 g/mol. The number of carbonyl (C=O) groups excluding carboxylic acids is 2. The lowest BCUT2D eigenvalue weighted by Crippen LogP contribution is -2.43. The molecule has 1 aromatic rings. The van der Waals surface area contributed by atoms with E-state index in [2.05, 4.69) is 14.1 Å². The molecule has 0 aromatic heterocycles. The van der Waals surface area contributed by atoms with Crippen molar-refractivity contribution in [2.24, 2.45) is 0 Å². The molecule has 0 amide bonds. The van der Waals surface area contributed by atoms with E-state index in [0.29, 0.717) is 13.0 Å². The van der Waals surface area contributed by atoms with Gasteiger partial charge in [-0.2, -0.15) is 0 Å². The third-order valence-electron chi connectivity index (χ3n) is 3.26. The van der Waals surface area contributed by atoms with Crippen LogP contribution in [0.1, 0.15) is 30.1 Å². The molecule has 0 atom stereocenters. The Bertz CT molecular complexity index is 440. The maximum absolute atomic E-state index is 12.0. The molecule has 0 unspecified atom stereocenters. The van der Waals surface area contributed by atoms with Crippen molar-refractivity contribution in [3.63, 3.8) is 0 Å². The van der Waals surface area contributed by atoms with Crippen LogP contribution in [0.4, 0.5) is 0 Å². The summed E-state index contributed by atoms with van der Waals surface area (Å²) in [5.74, 6) is -0.0603. The van der Waals surface area contributed by atoms with Crippen LogP contribution in [0.25, 0.3) is 0 Å². The van der Waals surface area contributed by atoms with Gasteiger partial charge in [-0.1, -0.05) is 30.3 Å². The topological polar surface area (TPSA) is 43.4 Å². The molecule has 0 heterocycles. The van der Waals surface area contributed by atoms with Gasteiger partial charge in [0.1, 0.15) is 13.2 Å². The van der Waals surface area contributed by atoms with Crippen molar-refractivity contribution in [1.29, 1.82) is 0 Å². The summed E-state index contributed by atoms with van der Waals surface area (Å²) in [5.41, 5.74) is 0.776. The number of ketones is 1. The summed E-state index contributed by atoms with van der Waals surface area (Å²) in [7, 11) is 4.16. The van der Waals surface area contributed by atoms with Crippen LogP contribution in [0.3, 0.4) is 0 Å². The fraction of sp³-hybridized carbons (Fsp3) is 0.500. The SMILES string of the molecule is CC(=O)OCC[N+](C)(C)CCCC(=O)c1ccccc1. The Balaban J connectivity index is 2.28. The lowest BCUT2D eigenvalue weighted by atomic mass is 10.1. The Morgan fingerprint density at radius 1 is 1.10 bits per heavy atom. The summed E-state index contributed by atoms with van der Waals surface area (Å²) < 4.78 is 5.70. The van der Waals surface area contributed by atoms with Crippen LogP contribution < -0.4 is 0 Å². The molecule has 0 saturated carbocycles. The number of hydrogen-bond donors (Lipinski definition) is 0. The molecule has 0 radical (unpaired) electrons. The lowest BCUT2D eigenvalue weighted by molar-refractivity contribution is -0.890. The summed E-state index contributed by atoms with van der Waals surface area (Å²) in [4.78, 5) is 22.7. The highest BCUT2D eigenvalue weighted by Gasteiger charge is 2.16. The Morgan fingerprint density at radius 3 is 2.35 bits per heavy atom. The van der Waals surface area contributed by atoms with Crippen LogP contribution in [0.2, 0.25) is 0 Å². The molecule has 0 aliphatic carbocycles. The van der Waals surface area contributed by atoms with Crippen LogP contribution in [0.5, 0.6) is 0 Å². The molecule has 4 heteroatoms. The zero-order valence-corrected chi connectivity index (χ0v) is 12.6. The van der Waals surface area contributed by atoms with Gasteiger partial charge in [-0.3, -0.25) is 9.59 Å². The van der Waals surface area contributed by atoms with E-state index in [1.54, 1.807) is 0 Å². The number of benzene rings is 1. The second-order valence-electron chi connectivity index (χ2n) is 5.62. The van der Waals surface area contributed by atoms with Gasteiger partial charge in [0, 0.05) is 25.3 Å². The Morgan fingerprint density at radius 2 is 1.75 bits per heavy atom. The van der Waals surface area contributed by atoms with Crippen molar-refractivity contribution in [1.82, 2.24) is 0 Å². The van der Waals surface area contributed by atoms with Gasteiger partial charge >= 0.3 is 5.97 Å². The summed E-state index contributed by atoms with van der Waals surface area (Å²) in [5, 5.41) is 0. The predicted molar refractivity (Wildman–Crippen MR) is 78.5 cm³/mol. The molecule has 110 valence electrons. The predicted octanol–water partition coefficient (Wildman–Crippen LogP) is 2.29. The summed E-state index contributed by atoms with van der Waals surface area (Å²) >= 11 is 0. The number of ether oxygens (including phenoxy) is 1. The third-order valence-corrected chi connectivity index (χ3v) is 3.26. The normalized spacial score (nSPS) is 11.2. The standard InChI is InChI=1S/C16H24NO3/c1-14(18)20-13-12-17(2,3)11-7-10-16(19)15-8-5-4-6-9-15/h4-6,8-9H,7,10-13H2,1-3H3/q+1. The molecule has 0 N–H and O–H groups in total. The first-order valence-corrected chi connectivity index (χ1v) is 6.94. The molecule has 0 aliphatic heterocycles. The smallest absolute Gasteiger partial charge is 0.302 e. The first kappa shape index (κ1) is 16.4. The van der Waals surface area contributed by atoms with E-state index in [1.165, 1.54) is 6.92 Å². The number of Topliss-reactive ketones (excluding diaryl/α,β-unsaturated/α-hetero) is 1. The van der Waals surface area contributed by atoms with Crippen LogP contribution >= 0.6 is 0 Å². The molecule has 0 bridgehead atoms. The van der Waals surface area contributed by atoms with Crippen LogP contribution in [0.15, 0.2) is 30.3 Å². The van der Waals surface area contributed by atoms with E-state index in [1.807, 2.05) is 30.3 Å². The first-order valence-electron chi connectivity index (χ1n) is 6.94. The Hall–Kier alpha value is -1.68. The number of carbonyl (C=O) groups is 2. The Kier molecular flexibility index (Phi) is 6.39. The fourth-order valence-electron chi connectivity index (χ4n) is 1.98. The minimum Gasteiger partial charge on any atom is -0.460 e. The highest BCUT2D eigenvalue weighted by atomic mass is 16.5. The van der Waals surface area contributed by atoms with Crippen molar-refractivity contribution in [2.75, 3.05) is 33.8 Å². The molecule has 20 heavy (non-hydrogen) atoms. The summed E-state index contributed by atoms with van der Waals surface area (Å²) in [6, 6.07) is 9.37. The quantitative estimate of drug-likeness (QED) is 0.416. The van der Waals surface area contributed by atoms with Crippen molar-refractivity contribution < 1.29 is 18.8 Å². The van der Waals surface area contributed by atoms with Crippen LogP contribution in [-0.4, -0.2) is 50.0 Å². The van der Waals surface area contributed by atoms with Crippen LogP contribution in [0, 0.1) is 0 Å². The van der Waals surface area contributed by atoms with E-state index in [-0.39, 0.29) is 11.8 Å². The maximum Gasteiger partial charge on any atom is 0.302 e. The van der Waals surface area contributed by atoms with E-state index in [4.69, 9.17) is 4.74 Å². The van der Waals surface area contributed by atoms with E-state index >= 15 is 0 Å². The second-order valence-corrected chi connectivity index (χ2v) is 5.62. The lowest BCUT2D eigenvalue weighted by Gasteiger charge is -2.29. The maximum atomic E-state index is 12.0. The largest absolute Gasteiger partial charge is 0.460 e. The van der Waals surface area contributed by atoms with Crippen molar-refractivity contribution in [2.45, 2.75) is 19.8 Å². The average molecular weight is 278 g/mol. The fourth-order valence-corrected chi connectivity index (χ4v) is 1.98. The highest BCUT2D eigenvalue weighted by molar-refractivity contribution is 5.95. The van der Waals surface area contributed by atoms with Crippen molar-refractivity contribution in [3.05, 3.63) is 35.9 Å². The molecule has 1 rings (SSSR count). The van der Waals surface area contributed by atoms with Gasteiger partial charge in [0.05, 0.1) is 20.6 Å². The number of esters is 1. The van der Waals surface area contributed by atoms with E-state index in [9.17, 15) is 9.59 Å². The average Bonchev–Trinajstić information content (AvgIpc) is 2.38. The summed E-state index contributed by atoms with van der Waals surface area (Å²) in [6.45, 7) is 3.49.